The summed E-state index contributed by atoms with van der Waals surface area (Å²) in [6, 6.07) is 10.2. The van der Waals surface area contributed by atoms with Gasteiger partial charge in [0.2, 0.25) is 0 Å². The van der Waals surface area contributed by atoms with Gasteiger partial charge in [0.25, 0.3) is 11.5 Å². The Hall–Kier alpha value is -4.18. The summed E-state index contributed by atoms with van der Waals surface area (Å²) in [5.41, 5.74) is 7.05. The van der Waals surface area contributed by atoms with Crippen LogP contribution in [0.1, 0.15) is 15.9 Å². The van der Waals surface area contributed by atoms with Gasteiger partial charge in [-0.25, -0.2) is 19.7 Å². The number of carbonyl (C=O) groups is 1. The van der Waals surface area contributed by atoms with Crippen LogP contribution in [0.2, 0.25) is 0 Å². The largest absolute Gasteiger partial charge is 0.348 e. The second-order valence-electron chi connectivity index (χ2n) is 7.53. The highest BCUT2D eigenvalue weighted by Gasteiger charge is 2.15. The summed E-state index contributed by atoms with van der Waals surface area (Å²) in [6.45, 7) is 0.282. The first kappa shape index (κ1) is 22.0. The lowest BCUT2D eigenvalue weighted by atomic mass is 10.1. The molecule has 0 unspecified atom stereocenters. The van der Waals surface area contributed by atoms with Crippen LogP contribution >= 0.6 is 0 Å². The summed E-state index contributed by atoms with van der Waals surface area (Å²) in [4.78, 5) is 38.6. The monoisotopic (exact) mass is 450 g/mol. The molecule has 3 N–H and O–H groups in total. The maximum absolute atomic E-state index is 13.2. The third-order valence-corrected chi connectivity index (χ3v) is 5.37. The van der Waals surface area contributed by atoms with Gasteiger partial charge in [-0.05, 0) is 47.5 Å². The molecule has 170 valence electrons. The SMILES string of the molecule is CNN1C=C(CNC(=O)c2ccc3c(c2)c(=O)n(Cc2ccc(F)cc2)c(=O)n3C)C=CN1. The van der Waals surface area contributed by atoms with Crippen LogP contribution in [-0.2, 0) is 13.6 Å². The number of halogens is 1. The molecule has 1 aliphatic heterocycles. The van der Waals surface area contributed by atoms with E-state index in [4.69, 9.17) is 0 Å². The molecular weight excluding hydrogens is 427 g/mol. The van der Waals surface area contributed by atoms with Crippen molar-refractivity contribution < 1.29 is 9.18 Å². The lowest BCUT2D eigenvalue weighted by Gasteiger charge is -2.23. The highest BCUT2D eigenvalue weighted by atomic mass is 19.1. The number of hydrogen-bond acceptors (Lipinski definition) is 6. The number of carbonyl (C=O) groups excluding carboxylic acids is 1. The fourth-order valence-electron chi connectivity index (χ4n) is 3.56. The number of fused-ring (bicyclic) bond motifs is 1. The van der Waals surface area contributed by atoms with E-state index in [9.17, 15) is 18.8 Å². The Kier molecular flexibility index (Phi) is 6.09. The Bertz CT molecular complexity index is 1390. The Morgan fingerprint density at radius 3 is 2.61 bits per heavy atom. The Morgan fingerprint density at radius 2 is 1.88 bits per heavy atom. The van der Waals surface area contributed by atoms with E-state index in [1.165, 1.54) is 34.9 Å². The number of amides is 1. The summed E-state index contributed by atoms with van der Waals surface area (Å²) < 4.78 is 15.6. The molecule has 0 saturated heterocycles. The van der Waals surface area contributed by atoms with E-state index in [-0.39, 0.29) is 24.4 Å². The number of benzene rings is 2. The van der Waals surface area contributed by atoms with E-state index < -0.39 is 17.1 Å². The van der Waals surface area contributed by atoms with Crippen LogP contribution in [0, 0.1) is 5.82 Å². The fraction of sp³-hybridized carbons (Fsp3) is 0.174. The van der Waals surface area contributed by atoms with Gasteiger partial charge < -0.3 is 5.32 Å². The molecule has 4 rings (SSSR count). The summed E-state index contributed by atoms with van der Waals surface area (Å²) in [5, 5.41) is 4.71. The zero-order valence-corrected chi connectivity index (χ0v) is 18.1. The highest BCUT2D eigenvalue weighted by Crippen LogP contribution is 2.12. The van der Waals surface area contributed by atoms with Gasteiger partial charge in [-0.2, -0.15) is 0 Å². The number of hydrogen-bond donors (Lipinski definition) is 3. The standard InChI is InChI=1S/C23H23FN6O3/c1-25-30-14-16(9-10-27-30)12-26-21(31)17-5-8-20-19(11-17)22(32)29(23(33)28(20)2)13-15-3-6-18(24)7-4-15/h3-11,14,25,27H,12-13H2,1-2H3,(H,26,31). The molecule has 2 aromatic carbocycles. The van der Waals surface area contributed by atoms with E-state index in [1.54, 1.807) is 43.7 Å². The molecule has 1 aromatic heterocycles. The van der Waals surface area contributed by atoms with Crippen molar-refractivity contribution in [2.75, 3.05) is 13.6 Å². The summed E-state index contributed by atoms with van der Waals surface area (Å²) in [7, 11) is 3.32. The van der Waals surface area contributed by atoms with Crippen molar-refractivity contribution in [3.05, 3.63) is 104 Å². The molecule has 0 aliphatic carbocycles. The molecule has 2 heterocycles. The third kappa shape index (κ3) is 4.55. The minimum Gasteiger partial charge on any atom is -0.348 e. The number of aromatic nitrogens is 2. The quantitative estimate of drug-likeness (QED) is 0.518. The number of nitrogens with one attached hydrogen (secondary N) is 3. The van der Waals surface area contributed by atoms with E-state index in [0.29, 0.717) is 16.6 Å². The van der Waals surface area contributed by atoms with Crippen LogP contribution in [0.5, 0.6) is 0 Å². The average molecular weight is 450 g/mol. The van der Waals surface area contributed by atoms with Crippen molar-refractivity contribution in [2.24, 2.45) is 7.05 Å². The maximum atomic E-state index is 13.2. The van der Waals surface area contributed by atoms with Gasteiger partial charge in [0.15, 0.2) is 0 Å². The van der Waals surface area contributed by atoms with Gasteiger partial charge in [-0.1, -0.05) is 12.1 Å². The van der Waals surface area contributed by atoms with Crippen molar-refractivity contribution >= 4 is 16.8 Å². The molecule has 3 aromatic rings. The summed E-state index contributed by atoms with van der Waals surface area (Å²) in [5.74, 6) is -0.748. The average Bonchev–Trinajstić information content (AvgIpc) is 2.84. The minimum atomic E-state index is -0.513. The van der Waals surface area contributed by atoms with Gasteiger partial charge in [-0.3, -0.25) is 24.1 Å². The fourth-order valence-corrected chi connectivity index (χ4v) is 3.56. The minimum absolute atomic E-state index is 0.00532. The molecule has 1 amide bonds. The van der Waals surface area contributed by atoms with Crippen LogP contribution < -0.4 is 27.4 Å². The summed E-state index contributed by atoms with van der Waals surface area (Å²) >= 11 is 0. The second-order valence-corrected chi connectivity index (χ2v) is 7.53. The number of aryl methyl sites for hydroxylation is 1. The molecule has 9 nitrogen and oxygen atoms in total. The molecular formula is C23H23FN6O3. The molecule has 0 spiro atoms. The molecule has 0 radical (unpaired) electrons. The van der Waals surface area contributed by atoms with Crippen LogP contribution in [-0.4, -0.2) is 33.8 Å². The predicted octanol–water partition coefficient (Wildman–Crippen LogP) is 0.970. The number of nitrogens with zero attached hydrogens (tertiary/aromatic N) is 3. The molecule has 0 atom stereocenters. The first-order chi connectivity index (χ1) is 15.9. The van der Waals surface area contributed by atoms with E-state index in [2.05, 4.69) is 16.2 Å². The third-order valence-electron chi connectivity index (χ3n) is 5.37. The molecule has 0 bridgehead atoms. The van der Waals surface area contributed by atoms with Gasteiger partial charge in [0.05, 0.1) is 17.4 Å². The second kappa shape index (κ2) is 9.13. The van der Waals surface area contributed by atoms with Crippen molar-refractivity contribution in [3.8, 4) is 0 Å². The van der Waals surface area contributed by atoms with Crippen LogP contribution in [0.3, 0.4) is 0 Å². The van der Waals surface area contributed by atoms with Gasteiger partial charge in [0.1, 0.15) is 5.82 Å². The summed E-state index contributed by atoms with van der Waals surface area (Å²) in [6.07, 6.45) is 5.36. The first-order valence-corrected chi connectivity index (χ1v) is 10.2. The molecule has 0 fully saturated rings. The van der Waals surface area contributed by atoms with Gasteiger partial charge in [0, 0.05) is 38.6 Å². The molecule has 33 heavy (non-hydrogen) atoms. The topological polar surface area (TPSA) is 100 Å². The van der Waals surface area contributed by atoms with Crippen molar-refractivity contribution in [1.29, 1.82) is 0 Å². The van der Waals surface area contributed by atoms with Crippen LogP contribution in [0.4, 0.5) is 4.39 Å². The molecule has 0 saturated carbocycles. The van der Waals surface area contributed by atoms with Crippen LogP contribution in [0.25, 0.3) is 10.9 Å². The van der Waals surface area contributed by atoms with Gasteiger partial charge in [-0.15, -0.1) is 0 Å². The van der Waals surface area contributed by atoms with E-state index >= 15 is 0 Å². The predicted molar refractivity (Wildman–Crippen MR) is 123 cm³/mol. The normalized spacial score (nSPS) is 13.1. The Morgan fingerprint density at radius 1 is 1.12 bits per heavy atom. The smallest absolute Gasteiger partial charge is 0.331 e. The van der Waals surface area contributed by atoms with E-state index in [1.807, 2.05) is 6.08 Å². The zero-order valence-electron chi connectivity index (χ0n) is 18.1. The maximum Gasteiger partial charge on any atom is 0.331 e. The lowest BCUT2D eigenvalue weighted by Crippen LogP contribution is -2.41. The van der Waals surface area contributed by atoms with E-state index in [0.717, 1.165) is 10.1 Å². The lowest BCUT2D eigenvalue weighted by molar-refractivity contribution is 0.0957. The number of hydrazine groups is 2. The Labute approximate surface area is 188 Å². The van der Waals surface area contributed by atoms with Gasteiger partial charge >= 0.3 is 5.69 Å². The van der Waals surface area contributed by atoms with Crippen molar-refractivity contribution in [2.45, 2.75) is 6.54 Å². The van der Waals surface area contributed by atoms with Crippen molar-refractivity contribution in [1.82, 2.24) is 30.4 Å². The number of rotatable bonds is 6. The highest BCUT2D eigenvalue weighted by molar-refractivity contribution is 5.98. The molecule has 10 heteroatoms. The zero-order chi connectivity index (χ0) is 23.5. The van der Waals surface area contributed by atoms with Crippen molar-refractivity contribution in [3.63, 3.8) is 0 Å². The van der Waals surface area contributed by atoms with Crippen LogP contribution in [0.15, 0.2) is 76.1 Å². The molecule has 1 aliphatic rings. The first-order valence-electron chi connectivity index (χ1n) is 10.2. The Balaban J connectivity index is 1.63.